The minimum Gasteiger partial charge on any atom is -0.497 e. The number of benzene rings is 2. The summed E-state index contributed by atoms with van der Waals surface area (Å²) >= 11 is 0. The summed E-state index contributed by atoms with van der Waals surface area (Å²) in [7, 11) is 3.10. The van der Waals surface area contributed by atoms with Crippen molar-refractivity contribution in [2.75, 3.05) is 25.8 Å². The quantitative estimate of drug-likeness (QED) is 0.531. The average Bonchev–Trinajstić information content (AvgIpc) is 3.04. The predicted molar refractivity (Wildman–Crippen MR) is 110 cm³/mol. The van der Waals surface area contributed by atoms with Crippen molar-refractivity contribution in [2.45, 2.75) is 13.3 Å². The van der Waals surface area contributed by atoms with E-state index < -0.39 is 5.97 Å². The number of carbonyl (C=O) groups is 2. The molecule has 0 fully saturated rings. The maximum atomic E-state index is 13.1. The molecule has 0 bridgehead atoms. The summed E-state index contributed by atoms with van der Waals surface area (Å²) in [6.07, 6.45) is 1.56. The van der Waals surface area contributed by atoms with Gasteiger partial charge in [-0.15, -0.1) is 0 Å². The van der Waals surface area contributed by atoms with Crippen molar-refractivity contribution in [3.63, 3.8) is 0 Å². The highest BCUT2D eigenvalue weighted by Crippen LogP contribution is 2.30. The topological polar surface area (TPSA) is 77.4 Å². The predicted octanol–water partition coefficient (Wildman–Crippen LogP) is 3.44. The van der Waals surface area contributed by atoms with Gasteiger partial charge in [0, 0.05) is 11.6 Å². The summed E-state index contributed by atoms with van der Waals surface area (Å²) in [6.45, 7) is 1.99. The second-order valence-electron chi connectivity index (χ2n) is 6.15. The van der Waals surface area contributed by atoms with E-state index in [4.69, 9.17) is 14.2 Å². The second-order valence-corrected chi connectivity index (χ2v) is 6.15. The summed E-state index contributed by atoms with van der Waals surface area (Å²) in [4.78, 5) is 25.2. The van der Waals surface area contributed by atoms with Gasteiger partial charge in [-0.25, -0.2) is 0 Å². The van der Waals surface area contributed by atoms with Crippen LogP contribution in [0, 0.1) is 0 Å². The lowest BCUT2D eigenvalue weighted by molar-refractivity contribution is -0.141. The Kier molecular flexibility index (Phi) is 6.29. The lowest BCUT2D eigenvalue weighted by Gasteiger charge is -2.11. The highest BCUT2D eigenvalue weighted by Gasteiger charge is 2.32. The summed E-state index contributed by atoms with van der Waals surface area (Å²) in [5.41, 5.74) is 1.94. The van der Waals surface area contributed by atoms with Crippen LogP contribution < -0.4 is 14.5 Å². The number of methoxy groups -OCH3 is 2. The molecule has 0 spiro atoms. The Morgan fingerprint density at radius 3 is 2.52 bits per heavy atom. The van der Waals surface area contributed by atoms with Gasteiger partial charge in [0.2, 0.25) is 0 Å². The Balaban J connectivity index is 2.02. The van der Waals surface area contributed by atoms with Crippen LogP contribution in [0.3, 0.4) is 0 Å². The summed E-state index contributed by atoms with van der Waals surface area (Å²) in [5.74, 6) is 0.404. The Bertz CT molecular complexity index is 966. The molecule has 0 unspecified atom stereocenters. The van der Waals surface area contributed by atoms with Crippen LogP contribution in [-0.2, 0) is 14.3 Å². The summed E-state index contributed by atoms with van der Waals surface area (Å²) in [6, 6.07) is 14.3. The van der Waals surface area contributed by atoms with Crippen LogP contribution >= 0.6 is 0 Å². The maximum absolute atomic E-state index is 13.1. The lowest BCUT2D eigenvalue weighted by atomic mass is 10.0. The van der Waals surface area contributed by atoms with Crippen molar-refractivity contribution in [2.24, 2.45) is 5.10 Å². The van der Waals surface area contributed by atoms with Crippen LogP contribution in [0.25, 0.3) is 6.08 Å². The molecule has 0 atom stereocenters. The lowest BCUT2D eigenvalue weighted by Crippen LogP contribution is -2.21. The van der Waals surface area contributed by atoms with E-state index in [0.29, 0.717) is 34.0 Å². The number of para-hydroxylation sites is 1. The third-order valence-corrected chi connectivity index (χ3v) is 4.31. The average molecular weight is 394 g/mol. The van der Waals surface area contributed by atoms with Crippen molar-refractivity contribution in [1.29, 1.82) is 0 Å². The Labute approximate surface area is 169 Å². The van der Waals surface area contributed by atoms with Crippen LogP contribution in [0.1, 0.15) is 18.9 Å². The van der Waals surface area contributed by atoms with Gasteiger partial charge in [0.25, 0.3) is 5.91 Å². The number of nitrogens with zero attached hydrogens (tertiary/aromatic N) is 2. The molecule has 0 aliphatic carbocycles. The molecule has 7 nitrogen and oxygen atoms in total. The van der Waals surface area contributed by atoms with Crippen LogP contribution in [0.2, 0.25) is 0 Å². The summed E-state index contributed by atoms with van der Waals surface area (Å²) < 4.78 is 15.7. The van der Waals surface area contributed by atoms with Gasteiger partial charge >= 0.3 is 5.97 Å². The van der Waals surface area contributed by atoms with E-state index in [2.05, 4.69) is 5.10 Å². The maximum Gasteiger partial charge on any atom is 0.311 e. The Morgan fingerprint density at radius 2 is 1.86 bits per heavy atom. The first-order valence-corrected chi connectivity index (χ1v) is 9.14. The van der Waals surface area contributed by atoms with Crippen molar-refractivity contribution in [1.82, 2.24) is 0 Å². The van der Waals surface area contributed by atoms with Crippen LogP contribution in [0.5, 0.6) is 11.5 Å². The van der Waals surface area contributed by atoms with Crippen LogP contribution in [0.15, 0.2) is 59.2 Å². The fraction of sp³-hybridized carbons (Fsp3) is 0.227. The number of esters is 1. The van der Waals surface area contributed by atoms with E-state index >= 15 is 0 Å². The van der Waals surface area contributed by atoms with Gasteiger partial charge in [-0.3, -0.25) is 9.59 Å². The molecule has 1 aliphatic heterocycles. The first-order chi connectivity index (χ1) is 14.1. The number of hydrogen-bond acceptors (Lipinski definition) is 6. The number of hydrazone groups is 1. The largest absolute Gasteiger partial charge is 0.497 e. The van der Waals surface area contributed by atoms with E-state index in [1.165, 1.54) is 12.1 Å². The SMILES string of the molecule is CCOC(=O)CC1=NN(c2ccccc2)C(=O)/C1=C\c1ccc(OC)cc1OC. The zero-order valence-corrected chi connectivity index (χ0v) is 16.5. The van der Waals surface area contributed by atoms with Crippen molar-refractivity contribution in [3.8, 4) is 11.5 Å². The van der Waals surface area contributed by atoms with Crippen LogP contribution in [0.4, 0.5) is 5.69 Å². The molecule has 150 valence electrons. The van der Waals surface area contributed by atoms with Crippen molar-refractivity contribution < 1.29 is 23.8 Å². The molecule has 0 radical (unpaired) electrons. The highest BCUT2D eigenvalue weighted by atomic mass is 16.5. The number of hydrogen-bond donors (Lipinski definition) is 0. The van der Waals surface area contributed by atoms with E-state index in [-0.39, 0.29) is 18.9 Å². The molecular weight excluding hydrogens is 372 g/mol. The Hall–Kier alpha value is -3.61. The summed E-state index contributed by atoms with van der Waals surface area (Å²) in [5, 5.41) is 5.68. The molecule has 3 rings (SSSR count). The molecule has 29 heavy (non-hydrogen) atoms. The Morgan fingerprint density at radius 1 is 1.10 bits per heavy atom. The molecule has 1 aliphatic rings. The third kappa shape index (κ3) is 4.45. The highest BCUT2D eigenvalue weighted by molar-refractivity contribution is 6.34. The van der Waals surface area contributed by atoms with Gasteiger partial charge in [0.05, 0.1) is 44.2 Å². The van der Waals surface area contributed by atoms with E-state index in [0.717, 1.165) is 0 Å². The van der Waals surface area contributed by atoms with Gasteiger partial charge in [-0.05, 0) is 37.3 Å². The standard InChI is InChI=1S/C22H22N2O5/c1-4-29-21(25)14-19-18(12-15-10-11-17(27-2)13-20(15)28-3)22(26)24(23-19)16-8-6-5-7-9-16/h5-13H,4,14H2,1-3H3/b18-12-. The monoisotopic (exact) mass is 394 g/mol. The first kappa shape index (κ1) is 20.1. The van der Waals surface area contributed by atoms with Crippen molar-refractivity contribution >= 4 is 29.4 Å². The number of amides is 1. The van der Waals surface area contributed by atoms with Gasteiger partial charge in [-0.2, -0.15) is 10.1 Å². The normalized spacial score (nSPS) is 14.7. The molecule has 2 aromatic carbocycles. The molecule has 0 saturated carbocycles. The van der Waals surface area contributed by atoms with E-state index in [1.54, 1.807) is 50.4 Å². The molecule has 1 heterocycles. The zero-order chi connectivity index (χ0) is 20.8. The molecule has 0 N–H and O–H groups in total. The van der Waals surface area contributed by atoms with Crippen molar-refractivity contribution in [3.05, 3.63) is 59.7 Å². The number of anilines is 1. The van der Waals surface area contributed by atoms with Gasteiger partial charge in [0.15, 0.2) is 0 Å². The number of carbonyl (C=O) groups excluding carboxylic acids is 2. The molecule has 1 amide bonds. The van der Waals surface area contributed by atoms with Gasteiger partial charge in [-0.1, -0.05) is 18.2 Å². The number of ether oxygens (including phenoxy) is 3. The second kappa shape index (κ2) is 9.05. The fourth-order valence-corrected chi connectivity index (χ4v) is 2.92. The van der Waals surface area contributed by atoms with E-state index in [9.17, 15) is 9.59 Å². The smallest absolute Gasteiger partial charge is 0.311 e. The molecule has 2 aromatic rings. The molecular formula is C22H22N2O5. The fourth-order valence-electron chi connectivity index (χ4n) is 2.92. The molecule has 7 heteroatoms. The van der Waals surface area contributed by atoms with Gasteiger partial charge < -0.3 is 14.2 Å². The zero-order valence-electron chi connectivity index (χ0n) is 16.5. The minimum absolute atomic E-state index is 0.104. The van der Waals surface area contributed by atoms with Gasteiger partial charge in [0.1, 0.15) is 11.5 Å². The third-order valence-electron chi connectivity index (χ3n) is 4.31. The first-order valence-electron chi connectivity index (χ1n) is 9.14. The molecule has 0 saturated heterocycles. The number of rotatable bonds is 7. The van der Waals surface area contributed by atoms with Crippen LogP contribution in [-0.4, -0.2) is 38.4 Å². The minimum atomic E-state index is -0.443. The molecule has 0 aromatic heterocycles. The van der Waals surface area contributed by atoms with E-state index in [1.807, 2.05) is 18.2 Å².